The van der Waals surface area contributed by atoms with Gasteiger partial charge in [-0.2, -0.15) is 15.1 Å². The molecular formula is C23H22N4O3S. The molecule has 2 aliphatic heterocycles. The molecule has 0 saturated heterocycles. The molecule has 0 spiro atoms. The Kier molecular flexibility index (Phi) is 6.47. The number of carbonyl (C=O) groups is 1. The van der Waals surface area contributed by atoms with Crippen LogP contribution >= 0.6 is 11.8 Å². The molecule has 2 aliphatic rings. The molecule has 0 unspecified atom stereocenters. The third-order valence-electron chi connectivity index (χ3n) is 4.52. The van der Waals surface area contributed by atoms with Gasteiger partial charge in [-0.05, 0) is 60.5 Å². The summed E-state index contributed by atoms with van der Waals surface area (Å²) in [5.74, 6) is 1.14. The van der Waals surface area contributed by atoms with E-state index in [1.807, 2.05) is 54.6 Å². The summed E-state index contributed by atoms with van der Waals surface area (Å²) in [4.78, 5) is 16.5. The fourth-order valence-electron chi connectivity index (χ4n) is 3.01. The molecule has 31 heavy (non-hydrogen) atoms. The van der Waals surface area contributed by atoms with Crippen LogP contribution in [0.1, 0.15) is 25.3 Å². The number of amidine groups is 2. The molecular weight excluding hydrogens is 412 g/mol. The minimum Gasteiger partial charge on any atom is -0.490 e. The van der Waals surface area contributed by atoms with Gasteiger partial charge in [0.25, 0.3) is 5.91 Å². The van der Waals surface area contributed by atoms with E-state index in [4.69, 9.17) is 14.9 Å². The van der Waals surface area contributed by atoms with Crippen molar-refractivity contribution in [3.05, 3.63) is 65.7 Å². The Balaban J connectivity index is 1.37. The van der Waals surface area contributed by atoms with Crippen molar-refractivity contribution in [2.45, 2.75) is 19.8 Å². The zero-order valence-corrected chi connectivity index (χ0v) is 17.9. The second-order valence-corrected chi connectivity index (χ2v) is 7.88. The molecule has 0 aliphatic carbocycles. The van der Waals surface area contributed by atoms with E-state index < -0.39 is 5.91 Å². The summed E-state index contributed by atoms with van der Waals surface area (Å²) >= 11 is 1.36. The average molecular weight is 435 g/mol. The molecule has 0 fully saturated rings. The van der Waals surface area contributed by atoms with E-state index in [0.717, 1.165) is 29.2 Å². The number of amides is 1. The number of fused-ring (bicyclic) bond motifs is 1. The van der Waals surface area contributed by atoms with Gasteiger partial charge in [0.2, 0.25) is 5.17 Å². The van der Waals surface area contributed by atoms with E-state index in [1.54, 1.807) is 6.08 Å². The monoisotopic (exact) mass is 434 g/mol. The maximum absolute atomic E-state index is 12.4. The Morgan fingerprint density at radius 2 is 1.71 bits per heavy atom. The van der Waals surface area contributed by atoms with Crippen molar-refractivity contribution in [2.24, 2.45) is 10.1 Å². The molecule has 2 aromatic carbocycles. The fraction of sp³-hybridized carbons (Fsp3) is 0.217. The van der Waals surface area contributed by atoms with Crippen molar-refractivity contribution in [1.82, 2.24) is 5.01 Å². The highest BCUT2D eigenvalue weighted by Gasteiger charge is 2.35. The summed E-state index contributed by atoms with van der Waals surface area (Å²) in [7, 11) is 0. The second kappa shape index (κ2) is 9.61. The number of benzene rings is 2. The van der Waals surface area contributed by atoms with E-state index in [1.165, 1.54) is 16.8 Å². The molecule has 0 bridgehead atoms. The molecule has 4 rings (SSSR count). The van der Waals surface area contributed by atoms with Crippen LogP contribution in [0.15, 0.2) is 70.3 Å². The number of rotatable bonds is 8. The molecule has 7 nitrogen and oxygen atoms in total. The zero-order valence-electron chi connectivity index (χ0n) is 17.1. The van der Waals surface area contributed by atoms with Gasteiger partial charge in [0.05, 0.1) is 5.57 Å². The molecule has 0 atom stereocenters. The lowest BCUT2D eigenvalue weighted by molar-refractivity contribution is -0.114. The van der Waals surface area contributed by atoms with Crippen molar-refractivity contribution in [2.75, 3.05) is 13.2 Å². The minimum atomic E-state index is -0.421. The minimum absolute atomic E-state index is 0.0481. The first-order valence-corrected chi connectivity index (χ1v) is 10.9. The number of aliphatic imine (C=N–C) groups is 1. The fourth-order valence-corrected chi connectivity index (χ4v) is 4.00. The highest BCUT2D eigenvalue weighted by Crippen LogP contribution is 2.29. The Bertz CT molecular complexity index is 1060. The molecule has 0 radical (unpaired) electrons. The summed E-state index contributed by atoms with van der Waals surface area (Å²) in [5, 5.41) is 15.6. The molecule has 8 heteroatoms. The molecule has 0 saturated carbocycles. The summed E-state index contributed by atoms with van der Waals surface area (Å²) in [6, 6.07) is 16.9. The average Bonchev–Trinajstić information content (AvgIpc) is 3.19. The van der Waals surface area contributed by atoms with Gasteiger partial charge in [-0.1, -0.05) is 37.3 Å². The molecule has 2 aromatic rings. The lowest BCUT2D eigenvalue weighted by atomic mass is 10.1. The van der Waals surface area contributed by atoms with Crippen LogP contribution < -0.4 is 9.47 Å². The lowest BCUT2D eigenvalue weighted by Gasteiger charge is -2.20. The van der Waals surface area contributed by atoms with Crippen molar-refractivity contribution in [1.29, 1.82) is 5.41 Å². The van der Waals surface area contributed by atoms with Crippen LogP contribution in [-0.2, 0) is 4.79 Å². The zero-order chi connectivity index (χ0) is 21.6. The Morgan fingerprint density at radius 1 is 1.03 bits per heavy atom. The van der Waals surface area contributed by atoms with Gasteiger partial charge >= 0.3 is 0 Å². The van der Waals surface area contributed by atoms with Gasteiger partial charge in [-0.25, -0.2) is 0 Å². The highest BCUT2D eigenvalue weighted by atomic mass is 32.2. The molecule has 1 N–H and O–H groups in total. The number of hydrazone groups is 1. The first-order chi connectivity index (χ1) is 15.1. The smallest absolute Gasteiger partial charge is 0.283 e. The van der Waals surface area contributed by atoms with Gasteiger partial charge in [0, 0.05) is 0 Å². The Labute approximate surface area is 185 Å². The van der Waals surface area contributed by atoms with E-state index in [0.29, 0.717) is 24.1 Å². The summed E-state index contributed by atoms with van der Waals surface area (Å²) < 4.78 is 11.3. The number of hydrogen-bond acceptors (Lipinski definition) is 6. The number of thioether (sulfide) groups is 1. The van der Waals surface area contributed by atoms with Crippen LogP contribution in [0.3, 0.4) is 0 Å². The molecule has 0 aromatic heterocycles. The summed E-state index contributed by atoms with van der Waals surface area (Å²) in [6.07, 6.45) is 3.41. The van der Waals surface area contributed by atoms with E-state index in [-0.39, 0.29) is 11.4 Å². The van der Waals surface area contributed by atoms with Crippen molar-refractivity contribution in [3.8, 4) is 11.5 Å². The van der Waals surface area contributed by atoms with Crippen LogP contribution in [0, 0.1) is 5.41 Å². The predicted molar refractivity (Wildman–Crippen MR) is 124 cm³/mol. The quantitative estimate of drug-likeness (QED) is 0.486. The lowest BCUT2D eigenvalue weighted by Crippen LogP contribution is -2.35. The van der Waals surface area contributed by atoms with Crippen LogP contribution in [-0.4, -0.2) is 40.2 Å². The van der Waals surface area contributed by atoms with Crippen molar-refractivity contribution in [3.63, 3.8) is 0 Å². The third-order valence-corrected chi connectivity index (χ3v) is 5.48. The summed E-state index contributed by atoms with van der Waals surface area (Å²) in [6.45, 7) is 2.92. The second-order valence-electron chi connectivity index (χ2n) is 6.84. The Morgan fingerprint density at radius 3 is 2.39 bits per heavy atom. The first kappa shape index (κ1) is 20.9. The molecule has 2 heterocycles. The Hall–Kier alpha value is -3.39. The molecule has 1 amide bonds. The number of nitrogens with one attached hydrogen (secondary N) is 1. The van der Waals surface area contributed by atoms with Crippen LogP contribution in [0.2, 0.25) is 0 Å². The topological polar surface area (TPSA) is 87.3 Å². The van der Waals surface area contributed by atoms with Gasteiger partial charge < -0.3 is 9.47 Å². The number of carbonyl (C=O) groups excluding carboxylic acids is 1. The number of nitrogens with zero attached hydrogens (tertiary/aromatic N) is 3. The number of ether oxygens (including phenoxy) is 2. The summed E-state index contributed by atoms with van der Waals surface area (Å²) in [5.41, 5.74) is 1.00. The maximum atomic E-state index is 12.4. The van der Waals surface area contributed by atoms with E-state index in [2.05, 4.69) is 17.0 Å². The largest absolute Gasteiger partial charge is 0.490 e. The van der Waals surface area contributed by atoms with E-state index in [9.17, 15) is 4.79 Å². The number of hydrogen-bond donors (Lipinski definition) is 1. The van der Waals surface area contributed by atoms with Crippen LogP contribution in [0.4, 0.5) is 0 Å². The van der Waals surface area contributed by atoms with Gasteiger partial charge in [-0.3, -0.25) is 10.2 Å². The SMILES string of the molecule is CCCC1=NN2C(=N)C(=Cc3ccc(OCCOc4ccccc4)cc3)C(=O)N=C2S1. The predicted octanol–water partition coefficient (Wildman–Crippen LogP) is 4.56. The maximum Gasteiger partial charge on any atom is 0.283 e. The van der Waals surface area contributed by atoms with Crippen molar-refractivity contribution >= 4 is 39.8 Å². The van der Waals surface area contributed by atoms with Crippen LogP contribution in [0.25, 0.3) is 6.08 Å². The van der Waals surface area contributed by atoms with E-state index >= 15 is 0 Å². The normalized spacial score (nSPS) is 16.8. The van der Waals surface area contributed by atoms with Gasteiger partial charge in [-0.15, -0.1) is 0 Å². The molecule has 158 valence electrons. The third kappa shape index (κ3) is 5.03. The van der Waals surface area contributed by atoms with Crippen LogP contribution in [0.5, 0.6) is 11.5 Å². The highest BCUT2D eigenvalue weighted by molar-refractivity contribution is 8.26. The van der Waals surface area contributed by atoms with Gasteiger partial charge in [0.1, 0.15) is 29.8 Å². The standard InChI is InChI=1S/C23H22N4O3S/c1-2-6-20-26-27-21(24)19(22(28)25-23(27)31-20)15-16-9-11-18(12-10-16)30-14-13-29-17-7-4-3-5-8-17/h3-5,7-12,15,24H,2,6,13-14H2,1H3. The van der Waals surface area contributed by atoms with Crippen molar-refractivity contribution < 1.29 is 14.3 Å². The number of para-hydroxylation sites is 1. The van der Waals surface area contributed by atoms with Gasteiger partial charge in [0.15, 0.2) is 5.84 Å². The first-order valence-electron chi connectivity index (χ1n) is 10.0.